The Balaban J connectivity index is 1.72. The minimum Gasteiger partial charge on any atom is -0.391 e. The first-order valence-electron chi connectivity index (χ1n) is 10.0. The summed E-state index contributed by atoms with van der Waals surface area (Å²) >= 11 is 0. The molecule has 0 aliphatic heterocycles. The maximum Gasteiger partial charge on any atom is 0.0964 e. The van der Waals surface area contributed by atoms with E-state index in [1.165, 1.54) is 0 Å². The second-order valence-electron chi connectivity index (χ2n) is 7.29. The Labute approximate surface area is 171 Å². The lowest BCUT2D eigenvalue weighted by atomic mass is 10.0. The van der Waals surface area contributed by atoms with Crippen LogP contribution in [0.5, 0.6) is 0 Å². The van der Waals surface area contributed by atoms with E-state index in [-0.39, 0.29) is 0 Å². The molecule has 4 rings (SSSR count). The van der Waals surface area contributed by atoms with Gasteiger partial charge in [-0.15, -0.1) is 0 Å². The number of benzene rings is 2. The zero-order valence-electron chi connectivity index (χ0n) is 16.9. The minimum absolute atomic E-state index is 0.473. The molecule has 2 aromatic heterocycles. The van der Waals surface area contributed by atoms with Gasteiger partial charge in [0.2, 0.25) is 0 Å². The fourth-order valence-corrected chi connectivity index (χ4v) is 3.70. The third-order valence-electron chi connectivity index (χ3n) is 5.13. The second kappa shape index (κ2) is 8.45. The number of aryl methyl sites for hydroxylation is 2. The second-order valence-corrected chi connectivity index (χ2v) is 7.29. The average Bonchev–Trinajstić information content (AvgIpc) is 3.32. The highest BCUT2D eigenvalue weighted by Crippen LogP contribution is 2.33. The Morgan fingerprint density at radius 3 is 2.34 bits per heavy atom. The number of aliphatic hydroxyl groups is 1. The quantitative estimate of drug-likeness (QED) is 0.514. The van der Waals surface area contributed by atoms with Crippen LogP contribution in [-0.4, -0.2) is 30.5 Å². The van der Waals surface area contributed by atoms with E-state index in [9.17, 15) is 5.11 Å². The summed E-state index contributed by atoms with van der Waals surface area (Å²) in [4.78, 5) is 4.71. The van der Waals surface area contributed by atoms with E-state index in [1.807, 2.05) is 66.5 Å². The summed E-state index contributed by atoms with van der Waals surface area (Å²) in [6.45, 7) is 5.39. The number of hydrogen-bond donors (Lipinski definition) is 1. The summed E-state index contributed by atoms with van der Waals surface area (Å²) in [5.41, 5.74) is 6.11. The van der Waals surface area contributed by atoms with Crippen LogP contribution in [0.2, 0.25) is 0 Å². The monoisotopic (exact) mass is 386 g/mol. The van der Waals surface area contributed by atoms with Crippen LogP contribution in [0.15, 0.2) is 73.2 Å². The maximum atomic E-state index is 10.8. The molecule has 0 fully saturated rings. The van der Waals surface area contributed by atoms with Crippen molar-refractivity contribution in [2.24, 2.45) is 0 Å². The largest absolute Gasteiger partial charge is 0.391 e. The lowest BCUT2D eigenvalue weighted by Gasteiger charge is -2.15. The fraction of sp³-hybridized carbons (Fsp3) is 0.250. The molecule has 0 aliphatic carbocycles. The molecule has 2 heterocycles. The van der Waals surface area contributed by atoms with Gasteiger partial charge in [0, 0.05) is 30.3 Å². The van der Waals surface area contributed by atoms with Crippen LogP contribution in [0.1, 0.15) is 18.2 Å². The molecule has 1 N–H and O–H groups in total. The molecule has 0 aliphatic rings. The Bertz CT molecular complexity index is 1070. The van der Waals surface area contributed by atoms with Gasteiger partial charge >= 0.3 is 0 Å². The van der Waals surface area contributed by atoms with Gasteiger partial charge in [0.25, 0.3) is 0 Å². The molecule has 4 aromatic rings. The summed E-state index contributed by atoms with van der Waals surface area (Å²) in [5.74, 6) is 0. The van der Waals surface area contributed by atoms with Gasteiger partial charge in [-0.05, 0) is 19.4 Å². The lowest BCUT2D eigenvalue weighted by Crippen LogP contribution is -2.19. The molecule has 0 saturated heterocycles. The third kappa shape index (κ3) is 4.15. The first-order chi connectivity index (χ1) is 14.2. The number of aromatic nitrogens is 4. The topological polar surface area (TPSA) is 55.9 Å². The predicted octanol–water partition coefficient (Wildman–Crippen LogP) is 4.35. The lowest BCUT2D eigenvalue weighted by molar-refractivity contribution is 0.155. The Morgan fingerprint density at radius 1 is 1.00 bits per heavy atom. The van der Waals surface area contributed by atoms with Crippen molar-refractivity contribution in [1.29, 1.82) is 0 Å². The zero-order valence-corrected chi connectivity index (χ0v) is 16.9. The van der Waals surface area contributed by atoms with Crippen LogP contribution in [0.4, 0.5) is 0 Å². The predicted molar refractivity (Wildman–Crippen MR) is 115 cm³/mol. The molecular weight excluding hydrogens is 360 g/mol. The molecule has 1 atom stereocenters. The van der Waals surface area contributed by atoms with Crippen LogP contribution in [0.3, 0.4) is 0 Å². The van der Waals surface area contributed by atoms with Gasteiger partial charge < -0.3 is 9.67 Å². The number of nitrogens with zero attached hydrogens (tertiary/aromatic N) is 4. The number of hydrogen-bond acceptors (Lipinski definition) is 3. The third-order valence-corrected chi connectivity index (χ3v) is 5.13. The zero-order chi connectivity index (χ0) is 20.2. The van der Waals surface area contributed by atoms with Gasteiger partial charge in [-0.25, -0.2) is 4.98 Å². The first kappa shape index (κ1) is 19.2. The summed E-state index contributed by atoms with van der Waals surface area (Å²) < 4.78 is 4.00. The molecule has 29 heavy (non-hydrogen) atoms. The molecule has 1 unspecified atom stereocenters. The molecule has 0 radical (unpaired) electrons. The Morgan fingerprint density at radius 2 is 1.69 bits per heavy atom. The smallest absolute Gasteiger partial charge is 0.0964 e. The average molecular weight is 386 g/mol. The van der Waals surface area contributed by atoms with Gasteiger partial charge in [0.1, 0.15) is 0 Å². The molecule has 5 heteroatoms. The molecule has 2 aromatic carbocycles. The highest BCUT2D eigenvalue weighted by Gasteiger charge is 2.20. The Kier molecular flexibility index (Phi) is 5.58. The van der Waals surface area contributed by atoms with Gasteiger partial charge in [-0.1, -0.05) is 60.7 Å². The van der Waals surface area contributed by atoms with Crippen molar-refractivity contribution in [3.05, 3.63) is 84.4 Å². The molecule has 5 nitrogen and oxygen atoms in total. The highest BCUT2D eigenvalue weighted by molar-refractivity contribution is 5.79. The maximum absolute atomic E-state index is 10.8. The van der Waals surface area contributed by atoms with Crippen molar-refractivity contribution in [1.82, 2.24) is 19.3 Å². The van der Waals surface area contributed by atoms with Crippen molar-refractivity contribution in [2.75, 3.05) is 0 Å². The van der Waals surface area contributed by atoms with Crippen LogP contribution in [0.25, 0.3) is 22.5 Å². The normalized spacial score (nSPS) is 12.2. The van der Waals surface area contributed by atoms with E-state index in [1.54, 1.807) is 0 Å². The molecule has 0 spiro atoms. The Hall–Kier alpha value is -3.18. The van der Waals surface area contributed by atoms with Crippen LogP contribution < -0.4 is 0 Å². The van der Waals surface area contributed by atoms with Crippen LogP contribution in [-0.2, 0) is 19.5 Å². The molecular formula is C24H26N4O. The SMILES string of the molecule is CCn1cc(-c2c(-c3ccccc3)ncn2CC(O)Cc2ccccc2)c(C)n1. The van der Waals surface area contributed by atoms with E-state index >= 15 is 0 Å². The van der Waals surface area contributed by atoms with Crippen molar-refractivity contribution in [3.63, 3.8) is 0 Å². The first-order valence-corrected chi connectivity index (χ1v) is 10.0. The molecule has 148 valence electrons. The molecule has 0 bridgehead atoms. The number of rotatable bonds is 7. The van der Waals surface area contributed by atoms with Crippen molar-refractivity contribution < 1.29 is 5.11 Å². The van der Waals surface area contributed by atoms with E-state index in [0.717, 1.165) is 40.3 Å². The van der Waals surface area contributed by atoms with Gasteiger partial charge in [0.15, 0.2) is 0 Å². The highest BCUT2D eigenvalue weighted by atomic mass is 16.3. The van der Waals surface area contributed by atoms with Crippen LogP contribution >= 0.6 is 0 Å². The summed E-state index contributed by atoms with van der Waals surface area (Å²) in [6.07, 6.45) is 4.00. The minimum atomic E-state index is -0.504. The van der Waals surface area contributed by atoms with Crippen LogP contribution in [0, 0.1) is 6.92 Å². The molecule has 0 amide bonds. The van der Waals surface area contributed by atoms with E-state index in [2.05, 4.69) is 34.9 Å². The number of imidazole rings is 1. The van der Waals surface area contributed by atoms with E-state index < -0.39 is 6.10 Å². The summed E-state index contributed by atoms with van der Waals surface area (Å²) in [6, 6.07) is 20.3. The number of aliphatic hydroxyl groups excluding tert-OH is 1. The fourth-order valence-electron chi connectivity index (χ4n) is 3.70. The van der Waals surface area contributed by atoms with Crippen molar-refractivity contribution in [2.45, 2.75) is 39.5 Å². The van der Waals surface area contributed by atoms with Gasteiger partial charge in [0.05, 0.1) is 36.1 Å². The standard InChI is InChI=1S/C24H26N4O/c1-3-28-16-22(18(2)26-28)24-23(20-12-8-5-9-13-20)25-17-27(24)15-21(29)14-19-10-6-4-7-11-19/h4-13,16-17,21,29H,3,14-15H2,1-2H3. The van der Waals surface area contributed by atoms with Crippen molar-refractivity contribution >= 4 is 0 Å². The van der Waals surface area contributed by atoms with E-state index in [0.29, 0.717) is 13.0 Å². The van der Waals surface area contributed by atoms with Crippen molar-refractivity contribution in [3.8, 4) is 22.5 Å². The van der Waals surface area contributed by atoms with Gasteiger partial charge in [-0.2, -0.15) is 5.10 Å². The summed E-state index contributed by atoms with van der Waals surface area (Å²) in [5, 5.41) is 15.4. The van der Waals surface area contributed by atoms with E-state index in [4.69, 9.17) is 4.98 Å². The van der Waals surface area contributed by atoms with Gasteiger partial charge in [-0.3, -0.25) is 4.68 Å². The molecule has 0 saturated carbocycles. The summed E-state index contributed by atoms with van der Waals surface area (Å²) in [7, 11) is 0.